The summed E-state index contributed by atoms with van der Waals surface area (Å²) in [6, 6.07) is 4.46. The molecule has 6 heteroatoms. The lowest BCUT2D eigenvalue weighted by Gasteiger charge is -2.33. The van der Waals surface area contributed by atoms with E-state index in [0.717, 1.165) is 49.7 Å². The van der Waals surface area contributed by atoms with Crippen molar-refractivity contribution in [2.24, 2.45) is 0 Å². The molecule has 3 rings (SSSR count). The number of nitrogens with one attached hydrogen (secondary N) is 1. The van der Waals surface area contributed by atoms with E-state index >= 15 is 0 Å². The molecule has 6 nitrogen and oxygen atoms in total. The predicted molar refractivity (Wildman–Crippen MR) is 82.3 cm³/mol. The third-order valence-electron chi connectivity index (χ3n) is 3.82. The monoisotopic (exact) mass is 284 g/mol. The first-order valence-electron chi connectivity index (χ1n) is 7.43. The lowest BCUT2D eigenvalue weighted by atomic mass is 10.0. The van der Waals surface area contributed by atoms with Gasteiger partial charge in [-0.3, -0.25) is 0 Å². The van der Waals surface area contributed by atoms with Crippen LogP contribution in [0.5, 0.6) is 0 Å². The van der Waals surface area contributed by atoms with Gasteiger partial charge in [-0.25, -0.2) is 19.9 Å². The van der Waals surface area contributed by atoms with Gasteiger partial charge in [0.15, 0.2) is 0 Å². The molecule has 1 fully saturated rings. The fourth-order valence-corrected chi connectivity index (χ4v) is 2.59. The Morgan fingerprint density at radius 1 is 1.19 bits per heavy atom. The second-order valence-electron chi connectivity index (χ2n) is 5.22. The normalized spacial score (nSPS) is 16.0. The summed E-state index contributed by atoms with van der Waals surface area (Å²) in [4.78, 5) is 19.1. The number of hydrogen-bond acceptors (Lipinski definition) is 6. The third kappa shape index (κ3) is 3.45. The molecule has 2 aromatic heterocycles. The van der Waals surface area contributed by atoms with Crippen LogP contribution >= 0.6 is 0 Å². The van der Waals surface area contributed by atoms with Crippen LogP contribution in [0, 0.1) is 0 Å². The Labute approximate surface area is 124 Å². The summed E-state index contributed by atoms with van der Waals surface area (Å²) in [5.41, 5.74) is 1.10. The maximum atomic E-state index is 4.39. The summed E-state index contributed by atoms with van der Waals surface area (Å²) in [7, 11) is 0. The smallest absolute Gasteiger partial charge is 0.132 e. The van der Waals surface area contributed by atoms with Gasteiger partial charge in [-0.1, -0.05) is 6.92 Å². The van der Waals surface area contributed by atoms with Crippen LogP contribution in [-0.2, 0) is 6.42 Å². The molecule has 2 aromatic rings. The van der Waals surface area contributed by atoms with Crippen LogP contribution in [0.15, 0.2) is 31.0 Å². The number of anilines is 2. The number of piperidine rings is 1. The Bertz CT molecular complexity index is 565. The van der Waals surface area contributed by atoms with Gasteiger partial charge in [0.1, 0.15) is 24.3 Å². The highest BCUT2D eigenvalue weighted by Crippen LogP contribution is 2.20. The molecule has 0 amide bonds. The maximum Gasteiger partial charge on any atom is 0.132 e. The standard InChI is InChI=1S/C15H20N6/c1-2-12-9-15(19-11-17-12)21-7-4-13(5-8-21)20-14-3-6-16-10-18-14/h3,6,9-11,13H,2,4-5,7-8H2,1H3,(H,16,18,20). The Morgan fingerprint density at radius 3 is 2.76 bits per heavy atom. The summed E-state index contributed by atoms with van der Waals surface area (Å²) in [5.74, 6) is 1.95. The number of aromatic nitrogens is 4. The molecule has 0 bridgehead atoms. The van der Waals surface area contributed by atoms with Crippen molar-refractivity contribution in [1.82, 2.24) is 19.9 Å². The van der Waals surface area contributed by atoms with Gasteiger partial charge in [0.2, 0.25) is 0 Å². The zero-order chi connectivity index (χ0) is 14.5. The van der Waals surface area contributed by atoms with Crippen LogP contribution in [-0.4, -0.2) is 39.1 Å². The number of nitrogens with zero attached hydrogens (tertiary/aromatic N) is 5. The average Bonchev–Trinajstić information content (AvgIpc) is 2.56. The van der Waals surface area contributed by atoms with Crippen LogP contribution < -0.4 is 10.2 Å². The molecule has 21 heavy (non-hydrogen) atoms. The molecule has 0 saturated carbocycles. The van der Waals surface area contributed by atoms with Crippen molar-refractivity contribution in [1.29, 1.82) is 0 Å². The molecule has 1 saturated heterocycles. The SMILES string of the molecule is CCc1cc(N2CCC(Nc3ccncn3)CC2)ncn1. The second kappa shape index (κ2) is 6.47. The largest absolute Gasteiger partial charge is 0.367 e. The van der Waals surface area contributed by atoms with Gasteiger partial charge in [-0.2, -0.15) is 0 Å². The fourth-order valence-electron chi connectivity index (χ4n) is 2.59. The quantitative estimate of drug-likeness (QED) is 0.925. The van der Waals surface area contributed by atoms with Gasteiger partial charge >= 0.3 is 0 Å². The van der Waals surface area contributed by atoms with Crippen LogP contribution in [0.3, 0.4) is 0 Å². The molecule has 1 aliphatic rings. The van der Waals surface area contributed by atoms with E-state index in [1.165, 1.54) is 0 Å². The first kappa shape index (κ1) is 13.7. The van der Waals surface area contributed by atoms with E-state index in [1.54, 1.807) is 18.9 Å². The van der Waals surface area contributed by atoms with E-state index in [0.29, 0.717) is 6.04 Å². The van der Waals surface area contributed by atoms with Crippen molar-refractivity contribution in [3.63, 3.8) is 0 Å². The summed E-state index contributed by atoms with van der Waals surface area (Å²) in [5, 5.41) is 3.46. The highest BCUT2D eigenvalue weighted by molar-refractivity contribution is 5.40. The molecule has 0 aliphatic carbocycles. The number of rotatable bonds is 4. The molecule has 0 radical (unpaired) electrons. The zero-order valence-electron chi connectivity index (χ0n) is 12.2. The average molecular weight is 284 g/mol. The fraction of sp³-hybridized carbons (Fsp3) is 0.467. The van der Waals surface area contributed by atoms with Gasteiger partial charge in [0.25, 0.3) is 0 Å². The lowest BCUT2D eigenvalue weighted by molar-refractivity contribution is 0.522. The summed E-state index contributed by atoms with van der Waals surface area (Å²) in [6.07, 6.45) is 8.10. The van der Waals surface area contributed by atoms with Crippen LogP contribution in [0.1, 0.15) is 25.5 Å². The Balaban J connectivity index is 1.57. The molecule has 0 atom stereocenters. The molecule has 110 valence electrons. The highest BCUT2D eigenvalue weighted by Gasteiger charge is 2.20. The number of hydrogen-bond donors (Lipinski definition) is 1. The second-order valence-corrected chi connectivity index (χ2v) is 5.22. The predicted octanol–water partition coefficient (Wildman–Crippen LogP) is 1.91. The van der Waals surface area contributed by atoms with E-state index in [9.17, 15) is 0 Å². The van der Waals surface area contributed by atoms with Crippen LogP contribution in [0.25, 0.3) is 0 Å². The van der Waals surface area contributed by atoms with Gasteiger partial charge in [-0.15, -0.1) is 0 Å². The van der Waals surface area contributed by atoms with Crippen molar-refractivity contribution >= 4 is 11.6 Å². The summed E-state index contributed by atoms with van der Waals surface area (Å²) in [6.45, 7) is 4.12. The van der Waals surface area contributed by atoms with Gasteiger partial charge in [0, 0.05) is 37.1 Å². The van der Waals surface area contributed by atoms with Gasteiger partial charge in [0.05, 0.1) is 0 Å². The van der Waals surface area contributed by atoms with Gasteiger partial charge in [-0.05, 0) is 25.3 Å². The molecular weight excluding hydrogens is 264 g/mol. The summed E-state index contributed by atoms with van der Waals surface area (Å²) >= 11 is 0. The van der Waals surface area contributed by atoms with E-state index in [-0.39, 0.29) is 0 Å². The van der Waals surface area contributed by atoms with E-state index in [1.807, 2.05) is 6.07 Å². The minimum absolute atomic E-state index is 0.462. The Morgan fingerprint density at radius 2 is 2.05 bits per heavy atom. The minimum atomic E-state index is 0.462. The van der Waals surface area contributed by atoms with Crippen molar-refractivity contribution in [3.05, 3.63) is 36.7 Å². The van der Waals surface area contributed by atoms with E-state index < -0.39 is 0 Å². The molecular formula is C15H20N6. The zero-order valence-corrected chi connectivity index (χ0v) is 12.2. The first-order chi connectivity index (χ1) is 10.3. The molecule has 0 spiro atoms. The minimum Gasteiger partial charge on any atom is -0.367 e. The maximum absolute atomic E-state index is 4.39. The van der Waals surface area contributed by atoms with Gasteiger partial charge < -0.3 is 10.2 Å². The van der Waals surface area contributed by atoms with Crippen molar-refractivity contribution in [2.45, 2.75) is 32.2 Å². The Hall–Kier alpha value is -2.24. The van der Waals surface area contributed by atoms with Crippen molar-refractivity contribution in [3.8, 4) is 0 Å². The van der Waals surface area contributed by atoms with Crippen molar-refractivity contribution < 1.29 is 0 Å². The van der Waals surface area contributed by atoms with Crippen LogP contribution in [0.4, 0.5) is 11.6 Å². The number of aryl methyl sites for hydroxylation is 1. The van der Waals surface area contributed by atoms with Crippen LogP contribution in [0.2, 0.25) is 0 Å². The molecule has 0 unspecified atom stereocenters. The van der Waals surface area contributed by atoms with E-state index in [2.05, 4.69) is 43.1 Å². The lowest BCUT2D eigenvalue weighted by Crippen LogP contribution is -2.39. The molecule has 1 aliphatic heterocycles. The molecule has 1 N–H and O–H groups in total. The first-order valence-corrected chi connectivity index (χ1v) is 7.43. The molecule has 0 aromatic carbocycles. The molecule has 3 heterocycles. The topological polar surface area (TPSA) is 66.8 Å². The Kier molecular flexibility index (Phi) is 4.23. The third-order valence-corrected chi connectivity index (χ3v) is 3.82. The highest BCUT2D eigenvalue weighted by atomic mass is 15.2. The van der Waals surface area contributed by atoms with Crippen molar-refractivity contribution in [2.75, 3.05) is 23.3 Å². The summed E-state index contributed by atoms with van der Waals surface area (Å²) < 4.78 is 0. The van der Waals surface area contributed by atoms with E-state index in [4.69, 9.17) is 0 Å².